The summed E-state index contributed by atoms with van der Waals surface area (Å²) in [5, 5.41) is 6.89. The topological polar surface area (TPSA) is 54.5 Å². The Labute approximate surface area is 81.7 Å². The lowest BCUT2D eigenvalue weighted by Crippen LogP contribution is -1.85. The largest absolute Gasteiger partial charge is 0.262 e. The molecule has 0 aliphatic rings. The van der Waals surface area contributed by atoms with Crippen molar-refractivity contribution in [1.82, 2.24) is 20.2 Å². The van der Waals surface area contributed by atoms with Crippen molar-refractivity contribution < 1.29 is 0 Å². The van der Waals surface area contributed by atoms with Gasteiger partial charge in [-0.2, -0.15) is 5.10 Å². The number of hydrogen-bond acceptors (Lipinski definition) is 3. The maximum atomic E-state index is 4.27. The molecule has 14 heavy (non-hydrogen) atoms. The Morgan fingerprint density at radius 2 is 2.36 bits per heavy atom. The summed E-state index contributed by atoms with van der Waals surface area (Å²) in [4.78, 5) is 8.42. The Morgan fingerprint density at radius 1 is 1.43 bits per heavy atom. The van der Waals surface area contributed by atoms with Crippen LogP contribution in [0.1, 0.15) is 5.82 Å². The summed E-state index contributed by atoms with van der Waals surface area (Å²) < 4.78 is 0. The van der Waals surface area contributed by atoms with Gasteiger partial charge in [-0.3, -0.25) is 10.1 Å². The molecule has 0 atom stereocenters. The van der Waals surface area contributed by atoms with Gasteiger partial charge in [0.05, 0.1) is 0 Å². The van der Waals surface area contributed by atoms with Crippen LogP contribution in [0.4, 0.5) is 0 Å². The summed E-state index contributed by atoms with van der Waals surface area (Å²) in [6, 6.07) is 5.65. The van der Waals surface area contributed by atoms with E-state index >= 15 is 0 Å². The molecular formula is C10H10N4. The molecule has 2 aromatic heterocycles. The van der Waals surface area contributed by atoms with Crippen molar-refractivity contribution in [2.24, 2.45) is 0 Å². The van der Waals surface area contributed by atoms with Crippen LogP contribution in [-0.4, -0.2) is 20.2 Å². The van der Waals surface area contributed by atoms with Gasteiger partial charge >= 0.3 is 0 Å². The second kappa shape index (κ2) is 3.83. The molecule has 0 aliphatic carbocycles. The van der Waals surface area contributed by atoms with Crippen LogP contribution >= 0.6 is 0 Å². The number of allylic oxidation sites excluding steroid dienone is 1. The first-order valence-corrected chi connectivity index (χ1v) is 4.33. The molecule has 4 nitrogen and oxygen atoms in total. The average molecular weight is 186 g/mol. The Kier molecular flexibility index (Phi) is 2.36. The molecule has 2 heterocycles. The lowest BCUT2D eigenvalue weighted by atomic mass is 10.3. The van der Waals surface area contributed by atoms with Crippen LogP contribution in [0.25, 0.3) is 11.5 Å². The van der Waals surface area contributed by atoms with Crippen molar-refractivity contribution in [3.8, 4) is 11.5 Å². The average Bonchev–Trinajstić information content (AvgIpc) is 2.68. The predicted octanol–water partition coefficient (Wildman–Crippen LogP) is 1.60. The fourth-order valence-electron chi connectivity index (χ4n) is 1.13. The van der Waals surface area contributed by atoms with Crippen molar-refractivity contribution in [1.29, 1.82) is 0 Å². The SMILES string of the molecule is C=CCc1nc(-c2ccccn2)n[nH]1. The van der Waals surface area contributed by atoms with Crippen molar-refractivity contribution >= 4 is 0 Å². The van der Waals surface area contributed by atoms with E-state index in [0.717, 1.165) is 11.5 Å². The second-order valence-electron chi connectivity index (χ2n) is 2.81. The van der Waals surface area contributed by atoms with Crippen LogP contribution in [0.3, 0.4) is 0 Å². The van der Waals surface area contributed by atoms with Gasteiger partial charge in [0.25, 0.3) is 0 Å². The molecule has 0 saturated heterocycles. The first-order chi connectivity index (χ1) is 6.90. The van der Waals surface area contributed by atoms with Crippen molar-refractivity contribution in [3.63, 3.8) is 0 Å². The Bertz CT molecular complexity index is 419. The molecule has 0 saturated carbocycles. The number of nitrogens with zero attached hydrogens (tertiary/aromatic N) is 3. The Morgan fingerprint density at radius 3 is 3.07 bits per heavy atom. The summed E-state index contributed by atoms with van der Waals surface area (Å²) >= 11 is 0. The monoisotopic (exact) mass is 186 g/mol. The number of hydrogen-bond donors (Lipinski definition) is 1. The molecule has 0 bridgehead atoms. The number of pyridine rings is 1. The van der Waals surface area contributed by atoms with E-state index in [1.807, 2.05) is 18.2 Å². The number of H-pyrrole nitrogens is 1. The van der Waals surface area contributed by atoms with E-state index in [9.17, 15) is 0 Å². The molecule has 0 aromatic carbocycles. The third-order valence-corrected chi connectivity index (χ3v) is 1.76. The molecule has 2 aromatic rings. The van der Waals surface area contributed by atoms with E-state index in [2.05, 4.69) is 26.7 Å². The van der Waals surface area contributed by atoms with Gasteiger partial charge in [0.2, 0.25) is 0 Å². The van der Waals surface area contributed by atoms with Crippen LogP contribution in [0.15, 0.2) is 37.1 Å². The lowest BCUT2D eigenvalue weighted by Gasteiger charge is -1.90. The third-order valence-electron chi connectivity index (χ3n) is 1.76. The zero-order chi connectivity index (χ0) is 9.80. The van der Waals surface area contributed by atoms with Gasteiger partial charge < -0.3 is 0 Å². The zero-order valence-electron chi connectivity index (χ0n) is 7.64. The van der Waals surface area contributed by atoms with E-state index in [-0.39, 0.29) is 0 Å². The van der Waals surface area contributed by atoms with Crippen LogP contribution in [0, 0.1) is 0 Å². The maximum absolute atomic E-state index is 4.27. The second-order valence-corrected chi connectivity index (χ2v) is 2.81. The zero-order valence-corrected chi connectivity index (χ0v) is 7.64. The van der Waals surface area contributed by atoms with Gasteiger partial charge in [-0.25, -0.2) is 4.98 Å². The minimum atomic E-state index is 0.627. The van der Waals surface area contributed by atoms with Gasteiger partial charge in [-0.05, 0) is 12.1 Å². The third kappa shape index (κ3) is 1.69. The standard InChI is InChI=1S/C10H10N4/c1-2-5-9-12-10(14-13-9)8-6-3-4-7-11-8/h2-4,6-7H,1,5H2,(H,12,13,14). The molecule has 4 heteroatoms. The molecular weight excluding hydrogens is 176 g/mol. The number of aromatic amines is 1. The summed E-state index contributed by atoms with van der Waals surface area (Å²) in [6.45, 7) is 3.63. The van der Waals surface area contributed by atoms with Crippen molar-refractivity contribution in [3.05, 3.63) is 42.9 Å². The summed E-state index contributed by atoms with van der Waals surface area (Å²) in [5.74, 6) is 1.43. The fourth-order valence-corrected chi connectivity index (χ4v) is 1.13. The molecule has 70 valence electrons. The van der Waals surface area contributed by atoms with Crippen molar-refractivity contribution in [2.45, 2.75) is 6.42 Å². The van der Waals surface area contributed by atoms with Crippen molar-refractivity contribution in [2.75, 3.05) is 0 Å². The quantitative estimate of drug-likeness (QED) is 0.740. The molecule has 0 unspecified atom stereocenters. The van der Waals surface area contributed by atoms with Crippen LogP contribution in [-0.2, 0) is 6.42 Å². The fraction of sp³-hybridized carbons (Fsp3) is 0.100. The molecule has 0 radical (unpaired) electrons. The highest BCUT2D eigenvalue weighted by molar-refractivity contribution is 5.47. The predicted molar refractivity (Wildman–Crippen MR) is 53.5 cm³/mol. The van der Waals surface area contributed by atoms with E-state index in [1.165, 1.54) is 0 Å². The number of rotatable bonds is 3. The van der Waals surface area contributed by atoms with E-state index in [0.29, 0.717) is 12.2 Å². The van der Waals surface area contributed by atoms with Crippen LogP contribution in [0.5, 0.6) is 0 Å². The Hall–Kier alpha value is -1.97. The maximum Gasteiger partial charge on any atom is 0.199 e. The smallest absolute Gasteiger partial charge is 0.199 e. The summed E-state index contributed by atoms with van der Waals surface area (Å²) in [7, 11) is 0. The highest BCUT2D eigenvalue weighted by Gasteiger charge is 2.04. The lowest BCUT2D eigenvalue weighted by molar-refractivity contribution is 0.992. The molecule has 2 rings (SSSR count). The van der Waals surface area contributed by atoms with Gasteiger partial charge in [-0.15, -0.1) is 6.58 Å². The van der Waals surface area contributed by atoms with Gasteiger partial charge in [0, 0.05) is 12.6 Å². The highest BCUT2D eigenvalue weighted by Crippen LogP contribution is 2.09. The minimum absolute atomic E-state index is 0.627. The van der Waals surface area contributed by atoms with Gasteiger partial charge in [0.1, 0.15) is 11.5 Å². The van der Waals surface area contributed by atoms with Gasteiger partial charge in [0.15, 0.2) is 5.82 Å². The first-order valence-electron chi connectivity index (χ1n) is 4.33. The van der Waals surface area contributed by atoms with Crippen LogP contribution < -0.4 is 0 Å². The number of nitrogens with one attached hydrogen (secondary N) is 1. The molecule has 1 N–H and O–H groups in total. The van der Waals surface area contributed by atoms with Crippen LogP contribution in [0.2, 0.25) is 0 Å². The molecule has 0 fully saturated rings. The van der Waals surface area contributed by atoms with E-state index < -0.39 is 0 Å². The Balaban J connectivity index is 2.29. The highest BCUT2D eigenvalue weighted by atomic mass is 15.2. The normalized spacial score (nSPS) is 10.0. The van der Waals surface area contributed by atoms with Gasteiger partial charge in [-0.1, -0.05) is 12.1 Å². The molecule has 0 amide bonds. The van der Waals surface area contributed by atoms with E-state index in [4.69, 9.17) is 0 Å². The first kappa shape index (κ1) is 8.62. The minimum Gasteiger partial charge on any atom is -0.262 e. The number of aromatic nitrogens is 4. The summed E-state index contributed by atoms with van der Waals surface area (Å²) in [5.41, 5.74) is 0.777. The van der Waals surface area contributed by atoms with E-state index in [1.54, 1.807) is 12.3 Å². The summed E-state index contributed by atoms with van der Waals surface area (Å²) in [6.07, 6.45) is 4.20. The molecule has 0 spiro atoms. The molecule has 0 aliphatic heterocycles.